The minimum absolute atomic E-state index is 0.0332. The van der Waals surface area contributed by atoms with Crippen LogP contribution in [0.1, 0.15) is 32.5 Å². The van der Waals surface area contributed by atoms with Crippen molar-refractivity contribution in [3.05, 3.63) is 40.4 Å². The van der Waals surface area contributed by atoms with Crippen molar-refractivity contribution in [1.82, 2.24) is 9.88 Å². The molecule has 1 saturated heterocycles. The summed E-state index contributed by atoms with van der Waals surface area (Å²) in [6, 6.07) is 5.38. The van der Waals surface area contributed by atoms with E-state index in [1.54, 1.807) is 23.2 Å². The van der Waals surface area contributed by atoms with Gasteiger partial charge in [0.1, 0.15) is 4.88 Å². The van der Waals surface area contributed by atoms with Gasteiger partial charge in [0.05, 0.1) is 19.4 Å². The number of rotatable bonds is 5. The van der Waals surface area contributed by atoms with E-state index in [1.165, 1.54) is 11.3 Å². The molecule has 1 aliphatic rings. The summed E-state index contributed by atoms with van der Waals surface area (Å²) in [5, 5.41) is 6.64. The number of hydrogen-bond acceptors (Lipinski definition) is 6. The zero-order valence-electron chi connectivity index (χ0n) is 14.9. The second kappa shape index (κ2) is 8.29. The number of carbonyl (C=O) groups excluding carboxylic acids is 2. The summed E-state index contributed by atoms with van der Waals surface area (Å²) in [6.45, 7) is 6.90. The summed E-state index contributed by atoms with van der Waals surface area (Å²) < 4.78 is 5.30. The van der Waals surface area contributed by atoms with Crippen LogP contribution in [0.2, 0.25) is 0 Å². The van der Waals surface area contributed by atoms with E-state index in [-0.39, 0.29) is 11.8 Å². The highest BCUT2D eigenvalue weighted by Gasteiger charge is 2.21. The topological polar surface area (TPSA) is 83.6 Å². The highest BCUT2D eigenvalue weighted by Crippen LogP contribution is 2.22. The average Bonchev–Trinajstić information content (AvgIpc) is 3.12. The van der Waals surface area contributed by atoms with Gasteiger partial charge in [0.15, 0.2) is 5.13 Å². The average molecular weight is 374 g/mol. The number of hydrogen-bond donors (Lipinski definition) is 2. The molecule has 0 spiro atoms. The summed E-state index contributed by atoms with van der Waals surface area (Å²) in [5.74, 6) is -0.269. The molecular weight excluding hydrogens is 352 g/mol. The van der Waals surface area contributed by atoms with E-state index in [2.05, 4.69) is 15.6 Å². The van der Waals surface area contributed by atoms with Crippen LogP contribution >= 0.6 is 11.3 Å². The predicted molar refractivity (Wildman–Crippen MR) is 102 cm³/mol. The fraction of sp³-hybridized carbons (Fsp3) is 0.389. The molecule has 7 nitrogen and oxygen atoms in total. The van der Waals surface area contributed by atoms with Crippen molar-refractivity contribution in [3.8, 4) is 0 Å². The Morgan fingerprint density at radius 2 is 2.08 bits per heavy atom. The normalized spacial score (nSPS) is 14.2. The minimum Gasteiger partial charge on any atom is -0.378 e. The summed E-state index contributed by atoms with van der Waals surface area (Å²) in [6.07, 6.45) is 1.55. The van der Waals surface area contributed by atoms with Crippen molar-refractivity contribution < 1.29 is 14.3 Å². The van der Waals surface area contributed by atoms with Crippen molar-refractivity contribution in [2.24, 2.45) is 0 Å². The lowest BCUT2D eigenvalue weighted by Crippen LogP contribution is -2.41. The van der Waals surface area contributed by atoms with E-state index in [4.69, 9.17) is 4.74 Å². The van der Waals surface area contributed by atoms with Crippen LogP contribution in [0, 0.1) is 6.92 Å². The Labute approximate surface area is 156 Å². The monoisotopic (exact) mass is 374 g/mol. The van der Waals surface area contributed by atoms with Gasteiger partial charge >= 0.3 is 0 Å². The Kier molecular flexibility index (Phi) is 5.85. The van der Waals surface area contributed by atoms with E-state index in [0.29, 0.717) is 47.6 Å². The first kappa shape index (κ1) is 18.3. The smallest absolute Gasteiger partial charge is 0.267 e. The van der Waals surface area contributed by atoms with E-state index in [1.807, 2.05) is 19.9 Å². The third-order valence-corrected chi connectivity index (χ3v) is 5.04. The fourth-order valence-corrected chi connectivity index (χ4v) is 3.45. The lowest BCUT2D eigenvalue weighted by atomic mass is 10.1. The Morgan fingerprint density at radius 1 is 1.31 bits per heavy atom. The molecule has 2 heterocycles. The summed E-state index contributed by atoms with van der Waals surface area (Å²) in [7, 11) is 0. The SMILES string of the molecule is CCNc1ncc(C(=O)Nc2ccc(C)c(C(=O)N3CCOCC3)c2)s1. The maximum atomic E-state index is 12.7. The van der Waals surface area contributed by atoms with Crippen molar-refractivity contribution in [3.63, 3.8) is 0 Å². The molecule has 2 amide bonds. The molecule has 1 aromatic heterocycles. The number of benzene rings is 1. The van der Waals surface area contributed by atoms with Crippen LogP contribution in [0.15, 0.2) is 24.4 Å². The minimum atomic E-state index is -0.236. The molecule has 138 valence electrons. The molecule has 1 fully saturated rings. The highest BCUT2D eigenvalue weighted by atomic mass is 32.1. The predicted octanol–water partition coefficient (Wildman–Crippen LogP) is 2.61. The van der Waals surface area contributed by atoms with E-state index >= 15 is 0 Å². The third-order valence-electron chi connectivity index (χ3n) is 4.08. The Hall–Kier alpha value is -2.45. The Bertz CT molecular complexity index is 799. The third kappa shape index (κ3) is 4.20. The first-order valence-electron chi connectivity index (χ1n) is 8.57. The van der Waals surface area contributed by atoms with Crippen LogP contribution < -0.4 is 10.6 Å². The van der Waals surface area contributed by atoms with Crippen LogP contribution in [-0.4, -0.2) is 54.5 Å². The maximum Gasteiger partial charge on any atom is 0.267 e. The zero-order valence-corrected chi connectivity index (χ0v) is 15.7. The molecule has 2 aromatic rings. The number of anilines is 2. The summed E-state index contributed by atoms with van der Waals surface area (Å²) in [4.78, 5) is 31.6. The number of aryl methyl sites for hydroxylation is 1. The van der Waals surface area contributed by atoms with Crippen LogP contribution in [0.5, 0.6) is 0 Å². The van der Waals surface area contributed by atoms with E-state index < -0.39 is 0 Å². The summed E-state index contributed by atoms with van der Waals surface area (Å²) in [5.41, 5.74) is 2.07. The van der Waals surface area contributed by atoms with Gasteiger partial charge in [-0.3, -0.25) is 9.59 Å². The zero-order chi connectivity index (χ0) is 18.5. The lowest BCUT2D eigenvalue weighted by Gasteiger charge is -2.27. The fourth-order valence-electron chi connectivity index (χ4n) is 2.67. The van der Waals surface area contributed by atoms with Gasteiger partial charge in [-0.05, 0) is 31.5 Å². The van der Waals surface area contributed by atoms with Crippen molar-refractivity contribution in [1.29, 1.82) is 0 Å². The molecule has 0 radical (unpaired) electrons. The molecule has 1 aliphatic heterocycles. The quantitative estimate of drug-likeness (QED) is 0.840. The number of thiazole rings is 1. The summed E-state index contributed by atoms with van der Waals surface area (Å²) >= 11 is 1.30. The molecule has 8 heteroatoms. The van der Waals surface area contributed by atoms with Crippen molar-refractivity contribution in [2.75, 3.05) is 43.5 Å². The first-order chi connectivity index (χ1) is 12.6. The Morgan fingerprint density at radius 3 is 2.81 bits per heavy atom. The van der Waals surface area contributed by atoms with Gasteiger partial charge in [-0.1, -0.05) is 17.4 Å². The number of nitrogens with zero attached hydrogens (tertiary/aromatic N) is 2. The van der Waals surface area contributed by atoms with Gasteiger partial charge in [0.25, 0.3) is 11.8 Å². The van der Waals surface area contributed by atoms with Crippen LogP contribution in [0.3, 0.4) is 0 Å². The number of ether oxygens (including phenoxy) is 1. The highest BCUT2D eigenvalue weighted by molar-refractivity contribution is 7.17. The maximum absolute atomic E-state index is 12.7. The van der Waals surface area contributed by atoms with Crippen molar-refractivity contribution >= 4 is 34.0 Å². The lowest BCUT2D eigenvalue weighted by molar-refractivity contribution is 0.0302. The van der Waals surface area contributed by atoms with Gasteiger partial charge in [-0.25, -0.2) is 4.98 Å². The molecule has 0 aliphatic carbocycles. The largest absolute Gasteiger partial charge is 0.378 e. The molecule has 0 atom stereocenters. The van der Waals surface area contributed by atoms with Crippen LogP contribution in [-0.2, 0) is 4.74 Å². The van der Waals surface area contributed by atoms with Gasteiger partial charge < -0.3 is 20.3 Å². The molecule has 0 saturated carbocycles. The molecule has 26 heavy (non-hydrogen) atoms. The standard InChI is InChI=1S/C18H22N4O3S/c1-3-19-18-20-11-15(26-18)16(23)21-13-5-4-12(2)14(10-13)17(24)22-6-8-25-9-7-22/h4-5,10-11H,3,6-9H2,1-2H3,(H,19,20)(H,21,23). The van der Waals surface area contributed by atoms with E-state index in [0.717, 1.165) is 12.1 Å². The number of carbonyl (C=O) groups is 2. The number of nitrogens with one attached hydrogen (secondary N) is 2. The van der Waals surface area contributed by atoms with Gasteiger partial charge in [-0.2, -0.15) is 0 Å². The molecule has 2 N–H and O–H groups in total. The molecule has 0 bridgehead atoms. The van der Waals surface area contributed by atoms with Crippen molar-refractivity contribution in [2.45, 2.75) is 13.8 Å². The van der Waals surface area contributed by atoms with E-state index in [9.17, 15) is 9.59 Å². The first-order valence-corrected chi connectivity index (χ1v) is 9.39. The molecule has 0 unspecified atom stereocenters. The number of morpholine rings is 1. The van der Waals surface area contributed by atoms with Gasteiger partial charge in [-0.15, -0.1) is 0 Å². The van der Waals surface area contributed by atoms with Gasteiger partial charge in [0, 0.05) is 30.9 Å². The number of amides is 2. The molecule has 3 rings (SSSR count). The number of aromatic nitrogens is 1. The second-order valence-corrected chi connectivity index (χ2v) is 6.98. The second-order valence-electron chi connectivity index (χ2n) is 5.95. The Balaban J connectivity index is 1.73. The molecular formula is C18H22N4O3S. The van der Waals surface area contributed by atoms with Crippen LogP contribution in [0.4, 0.5) is 10.8 Å². The van der Waals surface area contributed by atoms with Crippen LogP contribution in [0.25, 0.3) is 0 Å². The molecule has 1 aromatic carbocycles. The van der Waals surface area contributed by atoms with Gasteiger partial charge in [0.2, 0.25) is 0 Å².